The molecule has 0 aromatic heterocycles. The molecular weight excluding hydrogens is 296 g/mol. The van der Waals surface area contributed by atoms with Crippen LogP contribution in [0.1, 0.15) is 12.0 Å². The molecule has 1 atom stereocenters. The molecule has 1 saturated heterocycles. The molecule has 1 unspecified atom stereocenters. The number of nitrogens with one attached hydrogen (secondary N) is 1. The maximum Gasteiger partial charge on any atom is 0.308 e. The van der Waals surface area contributed by atoms with Crippen LogP contribution in [0.3, 0.4) is 0 Å². The number of hydrogen-bond donors (Lipinski definition) is 2. The molecule has 0 radical (unpaired) electrons. The van der Waals surface area contributed by atoms with Crippen molar-refractivity contribution in [3.63, 3.8) is 0 Å². The van der Waals surface area contributed by atoms with E-state index in [0.717, 1.165) is 6.26 Å². The second kappa shape index (κ2) is 5.36. The lowest BCUT2D eigenvalue weighted by molar-refractivity contribution is -0.141. The number of nitrogens with zero attached hydrogens (tertiary/aromatic N) is 1. The fraction of sp³-hybridized carbons (Fsp3) is 0.385. The van der Waals surface area contributed by atoms with Gasteiger partial charge in [-0.3, -0.25) is 14.3 Å². The Morgan fingerprint density at radius 2 is 2.10 bits per heavy atom. The third-order valence-corrected chi connectivity index (χ3v) is 3.88. The number of carboxylic acid groups (broad SMARTS) is 1. The number of rotatable bonds is 4. The fourth-order valence-electron chi connectivity index (χ4n) is 2.25. The maximum absolute atomic E-state index is 11.9. The van der Waals surface area contributed by atoms with Gasteiger partial charge in [0.05, 0.1) is 17.9 Å². The minimum atomic E-state index is -3.37. The summed E-state index contributed by atoms with van der Waals surface area (Å²) in [5.74, 6) is -1.94. The van der Waals surface area contributed by atoms with Gasteiger partial charge in [0.15, 0.2) is 0 Å². The highest BCUT2D eigenvalue weighted by molar-refractivity contribution is 7.92. The standard InChI is InChI=1S/C13H16N2O5S/c1-8-5-10(3-4-11(8)14-21(2,19)20)15-7-9(13(17)18)6-12(15)16/h3-5,9,14H,6-7H2,1-2H3,(H,17,18). The maximum atomic E-state index is 11.9. The van der Waals surface area contributed by atoms with E-state index in [-0.39, 0.29) is 18.9 Å². The van der Waals surface area contributed by atoms with Crippen molar-refractivity contribution in [3.8, 4) is 0 Å². The van der Waals surface area contributed by atoms with E-state index in [1.165, 1.54) is 4.90 Å². The Bertz CT molecular complexity index is 699. The van der Waals surface area contributed by atoms with Gasteiger partial charge >= 0.3 is 5.97 Å². The van der Waals surface area contributed by atoms with Crippen molar-refractivity contribution in [1.29, 1.82) is 0 Å². The number of benzene rings is 1. The van der Waals surface area contributed by atoms with Crippen molar-refractivity contribution in [1.82, 2.24) is 0 Å². The number of sulfonamides is 1. The van der Waals surface area contributed by atoms with Crippen molar-refractivity contribution in [3.05, 3.63) is 23.8 Å². The zero-order chi connectivity index (χ0) is 15.8. The van der Waals surface area contributed by atoms with Gasteiger partial charge in [0.25, 0.3) is 0 Å². The molecule has 0 saturated carbocycles. The lowest BCUT2D eigenvalue weighted by Crippen LogP contribution is -2.25. The van der Waals surface area contributed by atoms with Crippen LogP contribution >= 0.6 is 0 Å². The summed E-state index contributed by atoms with van der Waals surface area (Å²) in [5, 5.41) is 8.97. The van der Waals surface area contributed by atoms with Crippen LogP contribution in [-0.4, -0.2) is 38.2 Å². The second-order valence-electron chi connectivity index (χ2n) is 5.12. The van der Waals surface area contributed by atoms with E-state index in [2.05, 4.69) is 4.72 Å². The van der Waals surface area contributed by atoms with Crippen molar-refractivity contribution in [2.24, 2.45) is 5.92 Å². The summed E-state index contributed by atoms with van der Waals surface area (Å²) in [7, 11) is -3.37. The molecular formula is C13H16N2O5S. The van der Waals surface area contributed by atoms with Crippen LogP contribution in [0, 0.1) is 12.8 Å². The monoisotopic (exact) mass is 312 g/mol. The Morgan fingerprint density at radius 1 is 1.43 bits per heavy atom. The molecule has 0 aliphatic carbocycles. The molecule has 1 amide bonds. The van der Waals surface area contributed by atoms with Gasteiger partial charge in [-0.15, -0.1) is 0 Å². The van der Waals surface area contributed by atoms with Gasteiger partial charge < -0.3 is 10.0 Å². The highest BCUT2D eigenvalue weighted by Gasteiger charge is 2.35. The SMILES string of the molecule is Cc1cc(N2CC(C(=O)O)CC2=O)ccc1NS(C)(=O)=O. The van der Waals surface area contributed by atoms with Crippen LogP contribution in [0.25, 0.3) is 0 Å². The highest BCUT2D eigenvalue weighted by atomic mass is 32.2. The zero-order valence-electron chi connectivity index (χ0n) is 11.7. The van der Waals surface area contributed by atoms with Crippen molar-refractivity contribution in [2.75, 3.05) is 22.4 Å². The van der Waals surface area contributed by atoms with Crippen molar-refractivity contribution in [2.45, 2.75) is 13.3 Å². The summed E-state index contributed by atoms with van der Waals surface area (Å²) in [4.78, 5) is 24.2. The Labute approximate surface area is 122 Å². The number of aliphatic carboxylic acids is 1. The molecule has 1 aromatic carbocycles. The molecule has 1 fully saturated rings. The van der Waals surface area contributed by atoms with E-state index in [0.29, 0.717) is 16.9 Å². The Kier molecular flexibility index (Phi) is 3.91. The third-order valence-electron chi connectivity index (χ3n) is 3.29. The van der Waals surface area contributed by atoms with E-state index in [1.807, 2.05) is 0 Å². The predicted octanol–water partition coefficient (Wildman–Crippen LogP) is 0.804. The zero-order valence-corrected chi connectivity index (χ0v) is 12.5. The van der Waals surface area contributed by atoms with Gasteiger partial charge in [-0.2, -0.15) is 0 Å². The Balaban J connectivity index is 2.25. The highest BCUT2D eigenvalue weighted by Crippen LogP contribution is 2.28. The minimum Gasteiger partial charge on any atom is -0.481 e. The number of carbonyl (C=O) groups is 2. The van der Waals surface area contributed by atoms with Gasteiger partial charge in [-0.05, 0) is 30.7 Å². The van der Waals surface area contributed by atoms with Crippen molar-refractivity contribution < 1.29 is 23.1 Å². The summed E-state index contributed by atoms with van der Waals surface area (Å²) in [6, 6.07) is 4.82. The lowest BCUT2D eigenvalue weighted by Gasteiger charge is -2.18. The summed E-state index contributed by atoms with van der Waals surface area (Å²) in [6.45, 7) is 1.85. The largest absolute Gasteiger partial charge is 0.481 e. The molecule has 8 heteroatoms. The van der Waals surface area contributed by atoms with Gasteiger partial charge in [0.2, 0.25) is 15.9 Å². The molecule has 7 nitrogen and oxygen atoms in total. The van der Waals surface area contributed by atoms with Crippen LogP contribution in [-0.2, 0) is 19.6 Å². The third kappa shape index (κ3) is 3.52. The average Bonchev–Trinajstić information content (AvgIpc) is 2.73. The Morgan fingerprint density at radius 3 is 2.57 bits per heavy atom. The van der Waals surface area contributed by atoms with E-state index >= 15 is 0 Å². The van der Waals surface area contributed by atoms with Gasteiger partial charge in [0.1, 0.15) is 0 Å². The van der Waals surface area contributed by atoms with E-state index in [4.69, 9.17) is 5.11 Å². The summed E-state index contributed by atoms with van der Waals surface area (Å²) in [5.41, 5.74) is 1.66. The molecule has 2 rings (SSSR count). The van der Waals surface area contributed by atoms with Crippen LogP contribution in [0.5, 0.6) is 0 Å². The fourth-order valence-corrected chi connectivity index (χ4v) is 2.88. The number of anilines is 2. The molecule has 0 spiro atoms. The first-order chi connectivity index (χ1) is 9.67. The molecule has 1 heterocycles. The molecule has 1 aromatic rings. The van der Waals surface area contributed by atoms with Crippen LogP contribution < -0.4 is 9.62 Å². The number of carboxylic acids is 1. The molecule has 114 valence electrons. The molecule has 21 heavy (non-hydrogen) atoms. The van der Waals surface area contributed by atoms with Crippen LogP contribution in [0.2, 0.25) is 0 Å². The number of carbonyl (C=O) groups excluding carboxylic acids is 1. The van der Waals surface area contributed by atoms with Gasteiger partial charge in [-0.25, -0.2) is 8.42 Å². The van der Waals surface area contributed by atoms with Crippen LogP contribution in [0.15, 0.2) is 18.2 Å². The molecule has 1 aliphatic heterocycles. The normalized spacial score (nSPS) is 18.9. The van der Waals surface area contributed by atoms with Gasteiger partial charge in [-0.1, -0.05) is 0 Å². The first-order valence-corrected chi connectivity index (χ1v) is 8.18. The van der Waals surface area contributed by atoms with Crippen molar-refractivity contribution >= 4 is 33.3 Å². The molecule has 0 bridgehead atoms. The predicted molar refractivity (Wildman–Crippen MR) is 77.7 cm³/mol. The average molecular weight is 312 g/mol. The minimum absolute atomic E-state index is 0.0161. The summed E-state index contributed by atoms with van der Waals surface area (Å²) >= 11 is 0. The lowest BCUT2D eigenvalue weighted by atomic mass is 10.1. The summed E-state index contributed by atoms with van der Waals surface area (Å²) in [6.07, 6.45) is 1.04. The summed E-state index contributed by atoms with van der Waals surface area (Å²) < 4.78 is 24.8. The number of aryl methyl sites for hydroxylation is 1. The van der Waals surface area contributed by atoms with Crippen LogP contribution in [0.4, 0.5) is 11.4 Å². The van der Waals surface area contributed by atoms with Gasteiger partial charge in [0, 0.05) is 18.7 Å². The second-order valence-corrected chi connectivity index (χ2v) is 6.87. The number of hydrogen-bond acceptors (Lipinski definition) is 4. The van der Waals surface area contributed by atoms with E-state index in [9.17, 15) is 18.0 Å². The van der Waals surface area contributed by atoms with E-state index in [1.54, 1.807) is 25.1 Å². The smallest absolute Gasteiger partial charge is 0.308 e. The Hall–Kier alpha value is -2.09. The number of amides is 1. The first kappa shape index (κ1) is 15.3. The topological polar surface area (TPSA) is 104 Å². The first-order valence-electron chi connectivity index (χ1n) is 6.29. The molecule has 2 N–H and O–H groups in total. The quantitative estimate of drug-likeness (QED) is 0.856. The van der Waals surface area contributed by atoms with E-state index < -0.39 is 21.9 Å². The molecule has 1 aliphatic rings.